The lowest BCUT2D eigenvalue weighted by Crippen LogP contribution is -2.46. The summed E-state index contributed by atoms with van der Waals surface area (Å²) >= 11 is 0. The number of nitrogens with one attached hydrogen (secondary N) is 1. The highest BCUT2D eigenvalue weighted by Gasteiger charge is 2.36. The van der Waals surface area contributed by atoms with E-state index in [1.165, 1.54) is 20.3 Å². The Hall–Kier alpha value is -3.97. The number of hydrogen-bond donors (Lipinski definition) is 2. The summed E-state index contributed by atoms with van der Waals surface area (Å²) in [7, 11) is -1.20. The Morgan fingerprint density at radius 2 is 1.68 bits per heavy atom. The van der Waals surface area contributed by atoms with E-state index < -0.39 is 27.0 Å². The Morgan fingerprint density at radius 3 is 2.17 bits per heavy atom. The normalized spacial score (nSPS) is 12.4. The lowest BCUT2D eigenvalue weighted by atomic mass is 10.1. The fourth-order valence-electron chi connectivity index (χ4n) is 3.85. The van der Waals surface area contributed by atoms with Crippen LogP contribution in [-0.4, -0.2) is 68.0 Å². The van der Waals surface area contributed by atoms with Crippen LogP contribution in [0.15, 0.2) is 53.4 Å². The number of carbonyl (C=O) groups is 2. The molecule has 40 heavy (non-hydrogen) atoms. The van der Waals surface area contributed by atoms with Gasteiger partial charge in [0.2, 0.25) is 15.9 Å². The van der Waals surface area contributed by atoms with Crippen molar-refractivity contribution in [2.45, 2.75) is 44.0 Å². The van der Waals surface area contributed by atoms with Crippen LogP contribution in [0.5, 0.6) is 11.5 Å². The molecule has 0 aliphatic carbocycles. The zero-order valence-electron chi connectivity index (χ0n) is 22.9. The zero-order chi connectivity index (χ0) is 29.9. The Balaban J connectivity index is 2.02. The van der Waals surface area contributed by atoms with Crippen molar-refractivity contribution in [3.05, 3.63) is 64.2 Å². The molecule has 218 valence electrons. The van der Waals surface area contributed by atoms with Crippen molar-refractivity contribution in [1.29, 1.82) is 0 Å². The number of benzene rings is 2. The molecule has 0 saturated heterocycles. The van der Waals surface area contributed by atoms with Gasteiger partial charge >= 0.3 is 5.97 Å². The summed E-state index contributed by atoms with van der Waals surface area (Å²) in [6.07, 6.45) is 3.73. The van der Waals surface area contributed by atoms with Crippen molar-refractivity contribution in [2.24, 2.45) is 5.92 Å². The summed E-state index contributed by atoms with van der Waals surface area (Å²) < 4.78 is 38.1. The predicted molar refractivity (Wildman–Crippen MR) is 149 cm³/mol. The van der Waals surface area contributed by atoms with E-state index in [0.717, 1.165) is 28.6 Å². The number of carboxylic acid groups (broad SMARTS) is 1. The maximum absolute atomic E-state index is 13.4. The summed E-state index contributed by atoms with van der Waals surface area (Å²) in [6, 6.07) is 8.19. The highest BCUT2D eigenvalue weighted by Crippen LogP contribution is 2.25. The first-order valence-electron chi connectivity index (χ1n) is 12.6. The highest BCUT2D eigenvalue weighted by atomic mass is 32.2. The molecule has 0 heterocycles. The number of hydrogen-bond acceptors (Lipinski definition) is 8. The van der Waals surface area contributed by atoms with Gasteiger partial charge in [-0.25, -0.2) is 8.42 Å². The SMILES string of the molecule is COc1cc(C=CC(=O)NCCCC[C@@H](C(=O)O)N(CC(C)C)S(=O)(=O)c2ccc([N+](=O)[O-])cc2)cc(OC)c1. The van der Waals surface area contributed by atoms with Gasteiger partial charge in [0.05, 0.1) is 24.0 Å². The van der Waals surface area contributed by atoms with Gasteiger partial charge in [0.25, 0.3) is 5.69 Å². The highest BCUT2D eigenvalue weighted by molar-refractivity contribution is 7.89. The fraction of sp³-hybridized carbons (Fsp3) is 0.407. The van der Waals surface area contributed by atoms with Crippen LogP contribution in [0.1, 0.15) is 38.7 Å². The first-order chi connectivity index (χ1) is 18.9. The molecular weight excluding hydrogens is 542 g/mol. The third-order valence-electron chi connectivity index (χ3n) is 5.84. The molecule has 1 atom stereocenters. The number of rotatable bonds is 16. The Bertz CT molecular complexity index is 1290. The summed E-state index contributed by atoms with van der Waals surface area (Å²) in [6.45, 7) is 3.74. The number of carboxylic acids is 1. The average Bonchev–Trinajstić information content (AvgIpc) is 2.92. The second-order valence-corrected chi connectivity index (χ2v) is 11.2. The number of nitro groups is 1. The molecule has 1 amide bonds. The summed E-state index contributed by atoms with van der Waals surface area (Å²) in [5.41, 5.74) is 0.430. The van der Waals surface area contributed by atoms with Crippen molar-refractivity contribution in [3.8, 4) is 11.5 Å². The summed E-state index contributed by atoms with van der Waals surface area (Å²) in [5, 5.41) is 23.5. The summed E-state index contributed by atoms with van der Waals surface area (Å²) in [4.78, 5) is 34.4. The van der Waals surface area contributed by atoms with E-state index in [-0.39, 0.29) is 41.9 Å². The molecule has 0 fully saturated rings. The Labute approximate surface area is 233 Å². The van der Waals surface area contributed by atoms with Gasteiger partial charge in [0, 0.05) is 37.4 Å². The quantitative estimate of drug-likeness (QED) is 0.131. The number of nitrogens with zero attached hydrogens (tertiary/aromatic N) is 2. The van der Waals surface area contributed by atoms with E-state index in [2.05, 4.69) is 5.32 Å². The minimum absolute atomic E-state index is 0.0174. The summed E-state index contributed by atoms with van der Waals surface area (Å²) in [5.74, 6) is -0.667. The van der Waals surface area contributed by atoms with Gasteiger partial charge in [-0.1, -0.05) is 13.8 Å². The van der Waals surface area contributed by atoms with Crippen molar-refractivity contribution >= 4 is 33.7 Å². The number of ether oxygens (including phenoxy) is 2. The van der Waals surface area contributed by atoms with E-state index in [9.17, 15) is 33.2 Å². The van der Waals surface area contributed by atoms with Crippen molar-refractivity contribution in [2.75, 3.05) is 27.3 Å². The molecular formula is C27H35N3O9S. The number of non-ortho nitro benzene ring substituents is 1. The van der Waals surface area contributed by atoms with Crippen LogP contribution < -0.4 is 14.8 Å². The van der Waals surface area contributed by atoms with Gasteiger partial charge in [-0.2, -0.15) is 4.31 Å². The average molecular weight is 578 g/mol. The Morgan fingerprint density at radius 1 is 1.07 bits per heavy atom. The lowest BCUT2D eigenvalue weighted by molar-refractivity contribution is -0.384. The second kappa shape index (κ2) is 15.0. The van der Waals surface area contributed by atoms with E-state index in [0.29, 0.717) is 29.9 Å². The molecule has 2 aromatic carbocycles. The Kier molecular flexibility index (Phi) is 12.1. The second-order valence-electron chi connectivity index (χ2n) is 9.34. The number of methoxy groups -OCH3 is 2. The van der Waals surface area contributed by atoms with Crippen molar-refractivity contribution < 1.29 is 37.5 Å². The van der Waals surface area contributed by atoms with Crippen LogP contribution in [0.2, 0.25) is 0 Å². The van der Waals surface area contributed by atoms with E-state index in [4.69, 9.17) is 9.47 Å². The van der Waals surface area contributed by atoms with E-state index >= 15 is 0 Å². The minimum Gasteiger partial charge on any atom is -0.497 e. The van der Waals surface area contributed by atoms with Gasteiger partial charge < -0.3 is 19.9 Å². The zero-order valence-corrected chi connectivity index (χ0v) is 23.7. The van der Waals surface area contributed by atoms with Crippen LogP contribution in [0.25, 0.3) is 6.08 Å². The van der Waals surface area contributed by atoms with Crippen molar-refractivity contribution in [3.63, 3.8) is 0 Å². The molecule has 0 spiro atoms. The van der Waals surface area contributed by atoms with E-state index in [1.807, 2.05) is 0 Å². The smallest absolute Gasteiger partial charge is 0.322 e. The number of nitro benzene ring substituents is 1. The van der Waals surface area contributed by atoms with Gasteiger partial charge in [-0.15, -0.1) is 0 Å². The number of amides is 1. The first kappa shape index (κ1) is 32.2. The third kappa shape index (κ3) is 9.35. The van der Waals surface area contributed by atoms with Crippen LogP contribution in [0.4, 0.5) is 5.69 Å². The first-order valence-corrected chi connectivity index (χ1v) is 14.0. The van der Waals surface area contributed by atoms with Crippen LogP contribution >= 0.6 is 0 Å². The molecule has 0 radical (unpaired) electrons. The minimum atomic E-state index is -4.25. The molecule has 0 saturated carbocycles. The monoisotopic (exact) mass is 577 g/mol. The van der Waals surface area contributed by atoms with Gasteiger partial charge in [-0.05, 0) is 61.1 Å². The standard InChI is InChI=1S/C27H35N3O9S/c1-19(2)18-29(40(36,37)24-11-9-21(10-12-24)30(34)35)25(27(32)33)7-5-6-14-28-26(31)13-8-20-15-22(38-3)17-23(16-20)39-4/h8-13,15-17,19,25H,5-7,14,18H2,1-4H3,(H,28,31)(H,32,33)/t25-/m0/s1. The molecule has 0 aliphatic heterocycles. The lowest BCUT2D eigenvalue weighted by Gasteiger charge is -2.29. The van der Waals surface area contributed by atoms with Crippen LogP contribution in [0.3, 0.4) is 0 Å². The fourth-order valence-corrected chi connectivity index (χ4v) is 5.63. The van der Waals surface area contributed by atoms with Crippen LogP contribution in [-0.2, 0) is 19.6 Å². The number of sulfonamides is 1. The molecule has 2 aromatic rings. The molecule has 2 N–H and O–H groups in total. The predicted octanol–water partition coefficient (Wildman–Crippen LogP) is 3.71. The maximum Gasteiger partial charge on any atom is 0.322 e. The van der Waals surface area contributed by atoms with Gasteiger partial charge in [0.1, 0.15) is 17.5 Å². The number of carbonyl (C=O) groups excluding carboxylic acids is 1. The molecule has 12 nitrogen and oxygen atoms in total. The van der Waals surface area contributed by atoms with Crippen molar-refractivity contribution in [1.82, 2.24) is 9.62 Å². The molecule has 0 aliphatic rings. The van der Waals surface area contributed by atoms with Crippen LogP contribution in [0, 0.1) is 16.0 Å². The topological polar surface area (TPSA) is 165 Å². The maximum atomic E-state index is 13.4. The van der Waals surface area contributed by atoms with Gasteiger partial charge in [-0.3, -0.25) is 19.7 Å². The number of unbranched alkanes of at least 4 members (excludes halogenated alkanes) is 1. The molecule has 0 bridgehead atoms. The molecule has 13 heteroatoms. The van der Waals surface area contributed by atoms with E-state index in [1.54, 1.807) is 38.1 Å². The molecule has 2 rings (SSSR count). The molecule has 0 aromatic heterocycles. The third-order valence-corrected chi connectivity index (χ3v) is 7.73. The largest absolute Gasteiger partial charge is 0.497 e. The number of aliphatic carboxylic acids is 1. The van der Waals surface area contributed by atoms with Gasteiger partial charge in [0.15, 0.2) is 0 Å². The molecule has 0 unspecified atom stereocenters.